The smallest absolute Gasteiger partial charge is 0.254 e. The normalized spacial score (nSPS) is 11.0. The third-order valence-electron chi connectivity index (χ3n) is 3.31. The summed E-state index contributed by atoms with van der Waals surface area (Å²) in [7, 11) is 0. The quantitative estimate of drug-likeness (QED) is 0.768. The van der Waals surface area contributed by atoms with Gasteiger partial charge in [-0.05, 0) is 30.2 Å². The second-order valence-electron chi connectivity index (χ2n) is 5.26. The highest BCUT2D eigenvalue weighted by atomic mass is 16.1. The third-order valence-corrected chi connectivity index (χ3v) is 3.31. The van der Waals surface area contributed by atoms with Crippen LogP contribution in [-0.4, -0.2) is 25.5 Å². The molecule has 1 aromatic carbocycles. The number of rotatable bonds is 4. The van der Waals surface area contributed by atoms with Crippen LogP contribution in [0.3, 0.4) is 0 Å². The van der Waals surface area contributed by atoms with Crippen molar-refractivity contribution < 1.29 is 4.79 Å². The minimum atomic E-state index is -0.448. The van der Waals surface area contributed by atoms with E-state index in [0.717, 1.165) is 11.4 Å². The van der Waals surface area contributed by atoms with Crippen molar-refractivity contribution in [1.82, 2.24) is 19.6 Å². The maximum atomic E-state index is 11.1. The number of nitrogens with zero attached hydrogens (tertiary/aromatic N) is 4. The summed E-state index contributed by atoms with van der Waals surface area (Å²) >= 11 is 0. The summed E-state index contributed by atoms with van der Waals surface area (Å²) in [6.45, 7) is 4.17. The van der Waals surface area contributed by atoms with Crippen LogP contribution in [0.25, 0.3) is 5.78 Å². The molecule has 3 aromatic rings. The third kappa shape index (κ3) is 2.60. The van der Waals surface area contributed by atoms with Gasteiger partial charge >= 0.3 is 0 Å². The number of carbonyl (C=O) groups is 1. The van der Waals surface area contributed by atoms with E-state index in [1.807, 2.05) is 6.07 Å². The number of nitrogens with two attached hydrogens (primary N) is 1. The highest BCUT2D eigenvalue weighted by molar-refractivity contribution is 5.93. The Morgan fingerprint density at radius 1 is 1.27 bits per heavy atom. The second kappa shape index (κ2) is 5.44. The largest absolute Gasteiger partial charge is 0.366 e. The van der Waals surface area contributed by atoms with E-state index in [1.165, 1.54) is 6.33 Å². The minimum absolute atomic E-state index is 0.282. The lowest BCUT2D eigenvalue weighted by atomic mass is 10.1. The summed E-state index contributed by atoms with van der Waals surface area (Å²) < 4.78 is 1.73. The van der Waals surface area contributed by atoms with E-state index in [-0.39, 0.29) is 5.92 Å². The number of fused-ring (bicyclic) bond motifs is 1. The second-order valence-corrected chi connectivity index (χ2v) is 5.26. The van der Waals surface area contributed by atoms with Gasteiger partial charge in [0.1, 0.15) is 12.1 Å². The summed E-state index contributed by atoms with van der Waals surface area (Å²) in [6, 6.07) is 8.84. The van der Waals surface area contributed by atoms with Crippen molar-refractivity contribution in [2.45, 2.75) is 19.8 Å². The van der Waals surface area contributed by atoms with Crippen molar-refractivity contribution >= 4 is 23.2 Å². The van der Waals surface area contributed by atoms with Crippen LogP contribution >= 0.6 is 0 Å². The van der Waals surface area contributed by atoms with E-state index < -0.39 is 5.91 Å². The van der Waals surface area contributed by atoms with Gasteiger partial charge in [-0.3, -0.25) is 4.79 Å². The number of hydrogen-bond acceptors (Lipinski definition) is 5. The van der Waals surface area contributed by atoms with Gasteiger partial charge < -0.3 is 11.1 Å². The fourth-order valence-corrected chi connectivity index (χ4v) is 2.18. The van der Waals surface area contributed by atoms with Gasteiger partial charge in [-0.25, -0.2) is 4.52 Å². The van der Waals surface area contributed by atoms with Crippen LogP contribution in [0.1, 0.15) is 35.8 Å². The molecule has 0 atom stereocenters. The van der Waals surface area contributed by atoms with Crippen molar-refractivity contribution in [1.29, 1.82) is 0 Å². The lowest BCUT2D eigenvalue weighted by Crippen LogP contribution is -2.10. The molecular formula is C15H16N6O. The fourth-order valence-electron chi connectivity index (χ4n) is 2.18. The average molecular weight is 296 g/mol. The Kier molecular flexibility index (Phi) is 3.46. The van der Waals surface area contributed by atoms with Gasteiger partial charge in [0, 0.05) is 17.3 Å². The van der Waals surface area contributed by atoms with Crippen LogP contribution in [0, 0.1) is 0 Å². The minimum Gasteiger partial charge on any atom is -0.366 e. The molecule has 0 aliphatic heterocycles. The summed E-state index contributed by atoms with van der Waals surface area (Å²) in [5, 5.41) is 7.39. The first-order valence-electron chi connectivity index (χ1n) is 6.92. The first-order chi connectivity index (χ1) is 10.5. The molecule has 0 radical (unpaired) electrons. The van der Waals surface area contributed by atoms with Gasteiger partial charge in [-0.1, -0.05) is 13.8 Å². The first-order valence-corrected chi connectivity index (χ1v) is 6.92. The van der Waals surface area contributed by atoms with Gasteiger partial charge in [0.2, 0.25) is 5.91 Å². The van der Waals surface area contributed by atoms with Crippen LogP contribution in [0.15, 0.2) is 36.7 Å². The Balaban J connectivity index is 1.94. The summed E-state index contributed by atoms with van der Waals surface area (Å²) in [6.07, 6.45) is 1.49. The van der Waals surface area contributed by atoms with Crippen molar-refractivity contribution in [3.05, 3.63) is 47.9 Å². The molecule has 0 unspecified atom stereocenters. The number of aromatic nitrogens is 4. The molecule has 0 bridgehead atoms. The van der Waals surface area contributed by atoms with E-state index in [2.05, 4.69) is 34.2 Å². The number of primary amides is 1. The Morgan fingerprint density at radius 3 is 2.64 bits per heavy atom. The highest BCUT2D eigenvalue weighted by Crippen LogP contribution is 2.21. The standard InChI is InChI=1S/C15H16N6O/c1-9(2)12-7-13(20-15-17-8-18-21(12)15)19-11-5-3-10(4-6-11)14(16)22/h3-9H,1-2H3,(H2,16,22)(H,17,18,19,20). The van der Waals surface area contributed by atoms with Crippen LogP contribution in [0.4, 0.5) is 11.5 Å². The van der Waals surface area contributed by atoms with Gasteiger partial charge in [0.15, 0.2) is 0 Å². The van der Waals surface area contributed by atoms with Crippen molar-refractivity contribution in [2.75, 3.05) is 5.32 Å². The van der Waals surface area contributed by atoms with E-state index in [9.17, 15) is 4.79 Å². The Bertz CT molecular complexity index is 822. The molecule has 0 spiro atoms. The Labute approximate surface area is 127 Å². The maximum Gasteiger partial charge on any atom is 0.254 e. The molecule has 0 fully saturated rings. The van der Waals surface area contributed by atoms with E-state index in [4.69, 9.17) is 5.73 Å². The first kappa shape index (κ1) is 14.0. The molecule has 0 saturated heterocycles. The molecule has 3 N–H and O–H groups in total. The summed E-state index contributed by atoms with van der Waals surface area (Å²) in [5.41, 5.74) is 7.53. The number of amides is 1. The molecule has 112 valence electrons. The molecule has 7 heteroatoms. The predicted molar refractivity (Wildman–Crippen MR) is 83.1 cm³/mol. The van der Waals surface area contributed by atoms with Crippen molar-refractivity contribution in [2.24, 2.45) is 5.73 Å². The van der Waals surface area contributed by atoms with Crippen LogP contribution in [0.5, 0.6) is 0 Å². The predicted octanol–water partition coefficient (Wildman–Crippen LogP) is 2.09. The topological polar surface area (TPSA) is 98.2 Å². The van der Waals surface area contributed by atoms with Gasteiger partial charge in [-0.2, -0.15) is 15.1 Å². The molecule has 1 amide bonds. The van der Waals surface area contributed by atoms with Crippen LogP contribution in [0.2, 0.25) is 0 Å². The number of carbonyl (C=O) groups excluding carboxylic acids is 1. The molecular weight excluding hydrogens is 280 g/mol. The lowest BCUT2D eigenvalue weighted by molar-refractivity contribution is 0.100. The maximum absolute atomic E-state index is 11.1. The molecule has 0 saturated carbocycles. The molecule has 2 heterocycles. The van der Waals surface area contributed by atoms with Crippen LogP contribution in [-0.2, 0) is 0 Å². The SMILES string of the molecule is CC(C)c1cc(Nc2ccc(C(N)=O)cc2)nc2ncnn12. The zero-order valence-electron chi connectivity index (χ0n) is 12.3. The van der Waals surface area contributed by atoms with Gasteiger partial charge in [-0.15, -0.1) is 0 Å². The van der Waals surface area contributed by atoms with Crippen molar-refractivity contribution in [3.63, 3.8) is 0 Å². The zero-order valence-corrected chi connectivity index (χ0v) is 12.3. The number of anilines is 2. The van der Waals surface area contributed by atoms with E-state index >= 15 is 0 Å². The van der Waals surface area contributed by atoms with E-state index in [1.54, 1.807) is 28.8 Å². The molecule has 0 aliphatic rings. The monoisotopic (exact) mass is 296 g/mol. The fraction of sp³-hybridized carbons (Fsp3) is 0.200. The average Bonchev–Trinajstić information content (AvgIpc) is 2.95. The summed E-state index contributed by atoms with van der Waals surface area (Å²) in [5.74, 6) is 1.06. The van der Waals surface area contributed by atoms with Gasteiger partial charge in [0.25, 0.3) is 5.78 Å². The summed E-state index contributed by atoms with van der Waals surface area (Å²) in [4.78, 5) is 19.6. The number of nitrogens with one attached hydrogen (secondary N) is 1. The molecule has 0 aliphatic carbocycles. The highest BCUT2D eigenvalue weighted by Gasteiger charge is 2.11. The molecule has 3 rings (SSSR count). The van der Waals surface area contributed by atoms with Gasteiger partial charge in [0.05, 0.1) is 5.69 Å². The molecule has 7 nitrogen and oxygen atoms in total. The molecule has 2 aromatic heterocycles. The lowest BCUT2D eigenvalue weighted by Gasteiger charge is -2.11. The Morgan fingerprint density at radius 2 is 2.00 bits per heavy atom. The van der Waals surface area contributed by atoms with E-state index in [0.29, 0.717) is 17.2 Å². The van der Waals surface area contributed by atoms with Crippen molar-refractivity contribution in [3.8, 4) is 0 Å². The molecule has 22 heavy (non-hydrogen) atoms. The Hall–Kier alpha value is -2.96. The zero-order chi connectivity index (χ0) is 15.7. The number of hydrogen-bond donors (Lipinski definition) is 2. The number of benzene rings is 1. The van der Waals surface area contributed by atoms with Crippen LogP contribution < -0.4 is 11.1 Å².